The molecular weight excluding hydrogens is 463 g/mol. The zero-order valence-corrected chi connectivity index (χ0v) is 18.8. The maximum absolute atomic E-state index is 13.6. The van der Waals surface area contributed by atoms with E-state index in [1.54, 1.807) is 18.2 Å². The van der Waals surface area contributed by atoms with E-state index in [2.05, 4.69) is 10.5 Å². The third kappa shape index (κ3) is 4.36. The van der Waals surface area contributed by atoms with E-state index in [0.29, 0.717) is 42.8 Å². The lowest BCUT2D eigenvalue weighted by molar-refractivity contribution is -0.137. The van der Waals surface area contributed by atoms with E-state index in [-0.39, 0.29) is 23.7 Å². The Morgan fingerprint density at radius 3 is 2.74 bits per heavy atom. The molecule has 2 aromatic carbocycles. The quantitative estimate of drug-likeness (QED) is 0.564. The van der Waals surface area contributed by atoms with Gasteiger partial charge in [-0.3, -0.25) is 9.69 Å². The molecule has 1 fully saturated rings. The number of amides is 2. The third-order valence-electron chi connectivity index (χ3n) is 6.25. The molecule has 0 radical (unpaired) electrons. The average Bonchev–Trinajstić information content (AvgIpc) is 3.35. The van der Waals surface area contributed by atoms with Gasteiger partial charge in [0.2, 0.25) is 5.91 Å². The average molecular weight is 485 g/mol. The number of fused-ring (bicyclic) bond motifs is 3. The molecule has 0 bridgehead atoms. The Bertz CT molecular complexity index is 1300. The Kier molecular flexibility index (Phi) is 5.74. The Balaban J connectivity index is 1.47. The van der Waals surface area contributed by atoms with Crippen molar-refractivity contribution in [1.82, 2.24) is 10.5 Å². The number of alkyl halides is 3. The molecule has 1 saturated heterocycles. The summed E-state index contributed by atoms with van der Waals surface area (Å²) in [5, 5.41) is 6.69. The normalized spacial score (nSPS) is 17.4. The number of aromatic nitrogens is 1. The number of halogens is 3. The van der Waals surface area contributed by atoms with Crippen molar-refractivity contribution in [2.24, 2.45) is 0 Å². The van der Waals surface area contributed by atoms with Crippen LogP contribution in [0, 0.1) is 0 Å². The molecule has 182 valence electrons. The SMILES string of the molecule is CC(=O)NCC1CN(c2ccc3c(c2)CCCc2c(-c4ccccc4C(F)(F)F)noc2-3)C(=O)O1. The number of carbonyl (C=O) groups is 2. The van der Waals surface area contributed by atoms with Crippen LogP contribution >= 0.6 is 0 Å². The van der Waals surface area contributed by atoms with Crippen LogP contribution in [0.25, 0.3) is 22.6 Å². The maximum atomic E-state index is 13.6. The predicted octanol–water partition coefficient (Wildman–Crippen LogP) is 4.98. The van der Waals surface area contributed by atoms with E-state index < -0.39 is 23.9 Å². The highest BCUT2D eigenvalue weighted by Gasteiger charge is 2.36. The molecule has 1 atom stereocenters. The van der Waals surface area contributed by atoms with Gasteiger partial charge in [0.1, 0.15) is 11.8 Å². The Labute approximate surface area is 198 Å². The fraction of sp³-hybridized carbons (Fsp3) is 0.320. The van der Waals surface area contributed by atoms with E-state index in [1.807, 2.05) is 6.07 Å². The lowest BCUT2D eigenvalue weighted by atomic mass is 9.97. The molecule has 3 aromatic rings. The largest absolute Gasteiger partial charge is 0.442 e. The van der Waals surface area contributed by atoms with Crippen molar-refractivity contribution in [3.05, 3.63) is 59.2 Å². The van der Waals surface area contributed by atoms with Crippen molar-refractivity contribution in [3.8, 4) is 22.6 Å². The molecule has 1 N–H and O–H groups in total. The Morgan fingerprint density at radius 2 is 1.97 bits per heavy atom. The molecule has 0 saturated carbocycles. The van der Waals surface area contributed by atoms with E-state index >= 15 is 0 Å². The van der Waals surface area contributed by atoms with E-state index in [1.165, 1.54) is 24.0 Å². The molecule has 1 aromatic heterocycles. The summed E-state index contributed by atoms with van der Waals surface area (Å²) in [5.74, 6) is 0.244. The summed E-state index contributed by atoms with van der Waals surface area (Å²) >= 11 is 0. The van der Waals surface area contributed by atoms with E-state index in [0.717, 1.165) is 17.2 Å². The van der Waals surface area contributed by atoms with Crippen molar-refractivity contribution >= 4 is 17.7 Å². The van der Waals surface area contributed by atoms with Crippen molar-refractivity contribution < 1.29 is 32.0 Å². The number of anilines is 1. The van der Waals surface area contributed by atoms with Crippen LogP contribution in [-0.2, 0) is 28.5 Å². The summed E-state index contributed by atoms with van der Waals surface area (Å²) in [5.41, 5.74) is 2.38. The standard InChI is InChI=1S/C25H22F3N3O4/c1-14(32)29-12-17-13-31(24(33)34-17)16-9-10-18-15(11-16)5-4-7-20-22(30-35-23(18)20)19-6-2-3-8-21(19)25(26,27)28/h2-3,6,8-11,17H,4-5,7,12-13H2,1H3,(H,29,32). The van der Waals surface area contributed by atoms with Gasteiger partial charge in [-0.15, -0.1) is 0 Å². The zero-order valence-electron chi connectivity index (χ0n) is 18.8. The van der Waals surface area contributed by atoms with Gasteiger partial charge in [-0.1, -0.05) is 23.4 Å². The summed E-state index contributed by atoms with van der Waals surface area (Å²) in [6.07, 6.45) is -3.62. The molecule has 1 aliphatic carbocycles. The van der Waals surface area contributed by atoms with Crippen LogP contribution in [0.5, 0.6) is 0 Å². The van der Waals surface area contributed by atoms with Crippen LogP contribution < -0.4 is 10.2 Å². The molecule has 7 nitrogen and oxygen atoms in total. The maximum Gasteiger partial charge on any atom is 0.417 e. The fourth-order valence-corrected chi connectivity index (χ4v) is 4.63. The van der Waals surface area contributed by atoms with Gasteiger partial charge < -0.3 is 14.6 Å². The van der Waals surface area contributed by atoms with Gasteiger partial charge in [0.15, 0.2) is 5.76 Å². The number of nitrogens with one attached hydrogen (secondary N) is 1. The van der Waals surface area contributed by atoms with Crippen molar-refractivity contribution in [1.29, 1.82) is 0 Å². The molecule has 10 heteroatoms. The summed E-state index contributed by atoms with van der Waals surface area (Å²) in [7, 11) is 0. The third-order valence-corrected chi connectivity index (χ3v) is 6.25. The Hall–Kier alpha value is -3.82. The van der Waals surface area contributed by atoms with Crippen LogP contribution in [0.3, 0.4) is 0 Å². The van der Waals surface area contributed by atoms with E-state index in [4.69, 9.17) is 9.26 Å². The van der Waals surface area contributed by atoms with Crippen LogP contribution in [-0.4, -0.2) is 36.4 Å². The molecule has 0 spiro atoms. The smallest absolute Gasteiger partial charge is 0.417 e. The van der Waals surface area contributed by atoms with Gasteiger partial charge in [0.25, 0.3) is 0 Å². The first-order chi connectivity index (χ1) is 16.7. The number of ether oxygens (including phenoxy) is 1. The number of aryl methyl sites for hydroxylation is 1. The second-order valence-corrected chi connectivity index (χ2v) is 8.63. The summed E-state index contributed by atoms with van der Waals surface area (Å²) in [6, 6.07) is 10.8. The summed E-state index contributed by atoms with van der Waals surface area (Å²) in [6.45, 7) is 1.92. The summed E-state index contributed by atoms with van der Waals surface area (Å²) in [4.78, 5) is 25.1. The van der Waals surface area contributed by atoms with E-state index in [9.17, 15) is 22.8 Å². The fourth-order valence-electron chi connectivity index (χ4n) is 4.63. The van der Waals surface area contributed by atoms with Gasteiger partial charge in [-0.05, 0) is 49.1 Å². The van der Waals surface area contributed by atoms with Crippen LogP contribution in [0.1, 0.15) is 30.0 Å². The minimum absolute atomic E-state index is 0.00454. The first-order valence-corrected chi connectivity index (χ1v) is 11.2. The van der Waals surface area contributed by atoms with Crippen LogP contribution in [0.2, 0.25) is 0 Å². The molecule has 5 rings (SSSR count). The van der Waals surface area contributed by atoms with Gasteiger partial charge in [-0.25, -0.2) is 4.79 Å². The van der Waals surface area contributed by atoms with Gasteiger partial charge in [0.05, 0.1) is 18.7 Å². The second kappa shape index (κ2) is 8.75. The molecule has 1 unspecified atom stereocenters. The predicted molar refractivity (Wildman–Crippen MR) is 121 cm³/mol. The molecule has 2 aliphatic rings. The number of cyclic esters (lactones) is 1. The molecular formula is C25H22F3N3O4. The van der Waals surface area contributed by atoms with Gasteiger partial charge in [-0.2, -0.15) is 13.2 Å². The lowest BCUT2D eigenvalue weighted by Crippen LogP contribution is -2.33. The van der Waals surface area contributed by atoms with Crippen molar-refractivity contribution in [2.45, 2.75) is 38.5 Å². The summed E-state index contributed by atoms with van der Waals surface area (Å²) < 4.78 is 51.8. The Morgan fingerprint density at radius 1 is 1.17 bits per heavy atom. The monoisotopic (exact) mass is 485 g/mol. The molecule has 35 heavy (non-hydrogen) atoms. The number of hydrogen-bond acceptors (Lipinski definition) is 5. The number of carbonyl (C=O) groups excluding carboxylic acids is 2. The number of rotatable bonds is 4. The first-order valence-electron chi connectivity index (χ1n) is 11.2. The molecule has 2 heterocycles. The minimum Gasteiger partial charge on any atom is -0.442 e. The number of benzene rings is 2. The highest BCUT2D eigenvalue weighted by molar-refractivity contribution is 5.91. The number of hydrogen-bond donors (Lipinski definition) is 1. The highest BCUT2D eigenvalue weighted by atomic mass is 19.4. The first kappa shape index (κ1) is 22.9. The highest BCUT2D eigenvalue weighted by Crippen LogP contribution is 2.43. The number of nitrogens with zero attached hydrogens (tertiary/aromatic N) is 2. The van der Waals surface area contributed by atoms with Crippen molar-refractivity contribution in [3.63, 3.8) is 0 Å². The topological polar surface area (TPSA) is 84.7 Å². The zero-order chi connectivity index (χ0) is 24.7. The molecule has 1 aliphatic heterocycles. The minimum atomic E-state index is -4.51. The van der Waals surface area contributed by atoms with Crippen molar-refractivity contribution in [2.75, 3.05) is 18.0 Å². The van der Waals surface area contributed by atoms with Crippen LogP contribution in [0.15, 0.2) is 47.0 Å². The second-order valence-electron chi connectivity index (χ2n) is 8.63. The lowest BCUT2D eigenvalue weighted by Gasteiger charge is -2.15. The van der Waals surface area contributed by atoms with Gasteiger partial charge in [0, 0.05) is 29.3 Å². The molecule has 2 amide bonds. The van der Waals surface area contributed by atoms with Gasteiger partial charge >= 0.3 is 12.3 Å². The van der Waals surface area contributed by atoms with Crippen LogP contribution in [0.4, 0.5) is 23.7 Å².